The van der Waals surface area contributed by atoms with E-state index >= 15 is 0 Å². The number of aryl methyl sites for hydroxylation is 1. The van der Waals surface area contributed by atoms with Gasteiger partial charge < -0.3 is 14.5 Å². The molecule has 0 radical (unpaired) electrons. The largest absolute Gasteiger partial charge is 0.442 e. The fraction of sp³-hybridized carbons (Fsp3) is 0.308. The Kier molecular flexibility index (Phi) is 6.32. The number of hydrogen-bond donors (Lipinski definition) is 1. The molecular formula is C26H24N4O6. The van der Waals surface area contributed by atoms with Gasteiger partial charge in [-0.1, -0.05) is 18.2 Å². The highest BCUT2D eigenvalue weighted by molar-refractivity contribution is 6.15. The Hall–Kier alpha value is -4.34. The lowest BCUT2D eigenvalue weighted by molar-refractivity contribution is -0.119. The third kappa shape index (κ3) is 4.61. The lowest BCUT2D eigenvalue weighted by atomic mass is 9.91. The van der Waals surface area contributed by atoms with Crippen LogP contribution in [0.5, 0.6) is 0 Å². The van der Waals surface area contributed by atoms with Crippen LogP contribution in [-0.4, -0.2) is 53.0 Å². The number of aromatic nitrogens is 2. The number of ketones is 2. The molecule has 184 valence electrons. The van der Waals surface area contributed by atoms with Crippen LogP contribution in [0, 0.1) is 5.92 Å². The van der Waals surface area contributed by atoms with Gasteiger partial charge in [-0.15, -0.1) is 10.2 Å². The van der Waals surface area contributed by atoms with E-state index in [0.717, 1.165) is 5.56 Å². The SMILES string of the molecule is CC(=O)NC[C@H]1CN(c2ccc3c(c2)CCC[C@@H](C(=O)c2nnc(-c4ccccc4)o2)C3=O)C(=O)O1. The maximum atomic E-state index is 13.4. The lowest BCUT2D eigenvalue weighted by Crippen LogP contribution is -2.33. The van der Waals surface area contributed by atoms with Gasteiger partial charge in [0.05, 0.1) is 19.0 Å². The smallest absolute Gasteiger partial charge is 0.414 e. The normalized spacial score (nSPS) is 19.4. The molecule has 1 fully saturated rings. The Balaban J connectivity index is 1.33. The number of Topliss-reactive ketones (excluding diaryl/α,β-unsaturated/α-hetero) is 2. The zero-order valence-corrected chi connectivity index (χ0v) is 19.6. The van der Waals surface area contributed by atoms with Gasteiger partial charge in [0.15, 0.2) is 5.78 Å². The molecule has 1 aliphatic carbocycles. The summed E-state index contributed by atoms with van der Waals surface area (Å²) in [4.78, 5) is 51.6. The van der Waals surface area contributed by atoms with E-state index in [4.69, 9.17) is 9.15 Å². The number of carbonyl (C=O) groups excluding carboxylic acids is 4. The number of nitrogens with zero attached hydrogens (tertiary/aromatic N) is 3. The molecule has 3 aromatic rings. The summed E-state index contributed by atoms with van der Waals surface area (Å²) in [7, 11) is 0. The summed E-state index contributed by atoms with van der Waals surface area (Å²) in [6.45, 7) is 1.91. The highest BCUT2D eigenvalue weighted by Crippen LogP contribution is 2.31. The van der Waals surface area contributed by atoms with Crippen molar-refractivity contribution in [1.82, 2.24) is 15.5 Å². The molecule has 5 rings (SSSR count). The monoisotopic (exact) mass is 488 g/mol. The molecule has 2 aromatic carbocycles. The number of carbonyl (C=O) groups is 4. The Labute approximate surface area is 206 Å². The number of ether oxygens (including phenoxy) is 1. The standard InChI is InChI=1S/C26H24N4O6/c1-15(31)27-13-19-14-30(26(34)35-19)18-10-11-20-17(12-18)8-5-9-21(22(20)32)23(33)25-29-28-24(36-25)16-6-3-2-4-7-16/h2-4,6-7,10-12,19,21H,5,8-9,13-14H2,1H3,(H,27,31)/t19-,21+/m0/s1. The van der Waals surface area contributed by atoms with Crippen LogP contribution in [-0.2, 0) is 16.0 Å². The first-order valence-electron chi connectivity index (χ1n) is 11.7. The van der Waals surface area contributed by atoms with Crippen LogP contribution in [0.2, 0.25) is 0 Å². The van der Waals surface area contributed by atoms with Gasteiger partial charge in [0, 0.05) is 23.7 Å². The predicted octanol–water partition coefficient (Wildman–Crippen LogP) is 3.22. The van der Waals surface area contributed by atoms with E-state index in [1.165, 1.54) is 11.8 Å². The second-order valence-electron chi connectivity index (χ2n) is 8.85. The zero-order chi connectivity index (χ0) is 25.2. The first-order chi connectivity index (χ1) is 17.4. The van der Waals surface area contributed by atoms with Gasteiger partial charge in [0.2, 0.25) is 17.6 Å². The van der Waals surface area contributed by atoms with E-state index < -0.39 is 23.9 Å². The number of cyclic esters (lactones) is 1. The summed E-state index contributed by atoms with van der Waals surface area (Å²) in [6, 6.07) is 14.2. The summed E-state index contributed by atoms with van der Waals surface area (Å²) < 4.78 is 10.9. The number of fused-ring (bicyclic) bond motifs is 1. The summed E-state index contributed by atoms with van der Waals surface area (Å²) in [6.07, 6.45) is 0.571. The summed E-state index contributed by atoms with van der Waals surface area (Å²) >= 11 is 0. The van der Waals surface area contributed by atoms with Crippen LogP contribution in [0.1, 0.15) is 46.4 Å². The molecule has 2 heterocycles. The van der Waals surface area contributed by atoms with Gasteiger partial charge >= 0.3 is 6.09 Å². The Bertz CT molecular complexity index is 1340. The van der Waals surface area contributed by atoms with Crippen molar-refractivity contribution >= 4 is 29.3 Å². The number of anilines is 1. The second-order valence-corrected chi connectivity index (χ2v) is 8.85. The molecule has 0 unspecified atom stereocenters. The van der Waals surface area contributed by atoms with Crippen molar-refractivity contribution in [2.24, 2.45) is 5.92 Å². The molecule has 0 spiro atoms. The van der Waals surface area contributed by atoms with E-state index in [2.05, 4.69) is 15.5 Å². The summed E-state index contributed by atoms with van der Waals surface area (Å²) in [5.74, 6) is -1.87. The molecule has 2 amide bonds. The zero-order valence-electron chi connectivity index (χ0n) is 19.6. The van der Waals surface area contributed by atoms with E-state index in [0.29, 0.717) is 36.1 Å². The van der Waals surface area contributed by atoms with Crippen LogP contribution in [0.3, 0.4) is 0 Å². The summed E-state index contributed by atoms with van der Waals surface area (Å²) in [5.41, 5.74) is 2.50. The van der Waals surface area contributed by atoms with Gasteiger partial charge in [-0.2, -0.15) is 0 Å². The average molecular weight is 489 g/mol. The third-order valence-electron chi connectivity index (χ3n) is 6.35. The van der Waals surface area contributed by atoms with Crippen LogP contribution in [0.25, 0.3) is 11.5 Å². The molecular weight excluding hydrogens is 464 g/mol. The third-order valence-corrected chi connectivity index (χ3v) is 6.35. The van der Waals surface area contributed by atoms with E-state index in [9.17, 15) is 19.2 Å². The average Bonchev–Trinajstić information content (AvgIpc) is 3.48. The molecule has 1 aromatic heterocycles. The van der Waals surface area contributed by atoms with Gasteiger partial charge in [-0.3, -0.25) is 19.3 Å². The maximum absolute atomic E-state index is 13.4. The minimum atomic E-state index is -0.917. The van der Waals surface area contributed by atoms with Crippen LogP contribution in [0.4, 0.5) is 10.5 Å². The Morgan fingerprint density at radius 3 is 2.69 bits per heavy atom. The van der Waals surface area contributed by atoms with Gasteiger partial charge in [0.25, 0.3) is 5.89 Å². The first-order valence-corrected chi connectivity index (χ1v) is 11.7. The van der Waals surface area contributed by atoms with Crippen molar-refractivity contribution in [3.8, 4) is 11.5 Å². The fourth-order valence-corrected chi connectivity index (χ4v) is 4.53. The minimum Gasteiger partial charge on any atom is -0.442 e. The van der Waals surface area contributed by atoms with E-state index in [1.54, 1.807) is 30.3 Å². The molecule has 1 N–H and O–H groups in total. The van der Waals surface area contributed by atoms with E-state index in [-0.39, 0.29) is 36.6 Å². The van der Waals surface area contributed by atoms with Crippen molar-refractivity contribution in [2.75, 3.05) is 18.0 Å². The first kappa shape index (κ1) is 23.4. The molecule has 2 atom stereocenters. The van der Waals surface area contributed by atoms with Gasteiger partial charge in [-0.05, 0) is 55.2 Å². The number of hydrogen-bond acceptors (Lipinski definition) is 8. The van der Waals surface area contributed by atoms with Crippen molar-refractivity contribution in [1.29, 1.82) is 0 Å². The van der Waals surface area contributed by atoms with Crippen LogP contribution >= 0.6 is 0 Å². The number of rotatable bonds is 6. The second kappa shape index (κ2) is 9.73. The van der Waals surface area contributed by atoms with Crippen molar-refractivity contribution in [2.45, 2.75) is 32.3 Å². The topological polar surface area (TPSA) is 132 Å². The lowest BCUT2D eigenvalue weighted by Gasteiger charge is -2.16. The fourth-order valence-electron chi connectivity index (χ4n) is 4.53. The molecule has 2 aliphatic rings. The molecule has 1 saturated heterocycles. The predicted molar refractivity (Wildman–Crippen MR) is 128 cm³/mol. The molecule has 0 saturated carbocycles. The van der Waals surface area contributed by atoms with Gasteiger partial charge in [0.1, 0.15) is 6.10 Å². The molecule has 10 nitrogen and oxygen atoms in total. The maximum Gasteiger partial charge on any atom is 0.414 e. The quantitative estimate of drug-likeness (QED) is 0.318. The Morgan fingerprint density at radius 1 is 1.11 bits per heavy atom. The molecule has 1 aliphatic heterocycles. The number of benzene rings is 2. The van der Waals surface area contributed by atoms with E-state index in [1.807, 2.05) is 18.2 Å². The van der Waals surface area contributed by atoms with Gasteiger partial charge in [-0.25, -0.2) is 4.79 Å². The van der Waals surface area contributed by atoms with Crippen molar-refractivity contribution < 1.29 is 28.3 Å². The number of amides is 2. The van der Waals surface area contributed by atoms with Crippen LogP contribution in [0.15, 0.2) is 52.9 Å². The molecule has 36 heavy (non-hydrogen) atoms. The van der Waals surface area contributed by atoms with Crippen LogP contribution < -0.4 is 10.2 Å². The highest BCUT2D eigenvalue weighted by Gasteiger charge is 2.36. The number of nitrogens with one attached hydrogen (secondary N) is 1. The minimum absolute atomic E-state index is 0.183. The van der Waals surface area contributed by atoms with Crippen molar-refractivity contribution in [3.05, 3.63) is 65.5 Å². The Morgan fingerprint density at radius 2 is 1.92 bits per heavy atom. The van der Waals surface area contributed by atoms with Crippen molar-refractivity contribution in [3.63, 3.8) is 0 Å². The summed E-state index contributed by atoms with van der Waals surface area (Å²) in [5, 5.41) is 10.5. The highest BCUT2D eigenvalue weighted by atomic mass is 16.6. The molecule has 10 heteroatoms. The molecule has 0 bridgehead atoms.